The van der Waals surface area contributed by atoms with Crippen LogP contribution < -0.4 is 0 Å². The number of carbonyl (C=O) groups is 1. The van der Waals surface area contributed by atoms with Crippen molar-refractivity contribution in [3.05, 3.63) is 12.2 Å². The van der Waals surface area contributed by atoms with Gasteiger partial charge < -0.3 is 5.11 Å². The number of allylic oxidation sites excluding steroid dienone is 2. The number of aliphatic hydroxyl groups is 1. The van der Waals surface area contributed by atoms with Gasteiger partial charge in [-0.3, -0.25) is 4.79 Å². The lowest BCUT2D eigenvalue weighted by molar-refractivity contribution is -0.127. The molecule has 1 saturated carbocycles. The van der Waals surface area contributed by atoms with Gasteiger partial charge in [-0.25, -0.2) is 0 Å². The number of aliphatic hydroxyl groups excluding tert-OH is 1. The Labute approximate surface area is 92.4 Å². The summed E-state index contributed by atoms with van der Waals surface area (Å²) in [6, 6.07) is 0. The van der Waals surface area contributed by atoms with E-state index in [1.54, 1.807) is 6.08 Å². The third-order valence-corrected chi connectivity index (χ3v) is 3.93. The van der Waals surface area contributed by atoms with E-state index in [4.69, 9.17) is 0 Å². The highest BCUT2D eigenvalue weighted by atomic mass is 16.3. The third kappa shape index (κ3) is 2.15. The number of ketones is 1. The molecule has 2 unspecified atom stereocenters. The lowest BCUT2D eigenvalue weighted by Crippen LogP contribution is -2.36. The van der Waals surface area contributed by atoms with Crippen LogP contribution in [0.25, 0.3) is 0 Å². The second kappa shape index (κ2) is 4.09. The molecule has 0 heterocycles. The molecular weight excluding hydrogens is 188 g/mol. The van der Waals surface area contributed by atoms with E-state index in [0.29, 0.717) is 6.42 Å². The number of carbonyl (C=O) groups excluding carboxylic acids is 1. The van der Waals surface area contributed by atoms with Crippen LogP contribution in [0.4, 0.5) is 0 Å². The van der Waals surface area contributed by atoms with E-state index in [1.807, 2.05) is 19.9 Å². The molecule has 2 nitrogen and oxygen atoms in total. The van der Waals surface area contributed by atoms with Gasteiger partial charge in [0.25, 0.3) is 0 Å². The van der Waals surface area contributed by atoms with Crippen molar-refractivity contribution in [1.82, 2.24) is 0 Å². The van der Waals surface area contributed by atoms with Crippen LogP contribution in [0.15, 0.2) is 12.2 Å². The minimum atomic E-state index is -0.405. The van der Waals surface area contributed by atoms with Crippen LogP contribution in [-0.4, -0.2) is 17.0 Å². The van der Waals surface area contributed by atoms with E-state index in [-0.39, 0.29) is 17.3 Å². The summed E-state index contributed by atoms with van der Waals surface area (Å²) in [5, 5.41) is 9.70. The summed E-state index contributed by atoms with van der Waals surface area (Å²) in [6.07, 6.45) is 5.44. The molecule has 15 heavy (non-hydrogen) atoms. The van der Waals surface area contributed by atoms with E-state index in [0.717, 1.165) is 12.8 Å². The van der Waals surface area contributed by atoms with Gasteiger partial charge in [0.1, 0.15) is 0 Å². The predicted octanol–water partition coefficient (Wildman–Crippen LogP) is 2.71. The Morgan fingerprint density at radius 3 is 2.40 bits per heavy atom. The van der Waals surface area contributed by atoms with E-state index in [9.17, 15) is 9.90 Å². The van der Waals surface area contributed by atoms with Gasteiger partial charge in [-0.1, -0.05) is 33.8 Å². The molecule has 0 amide bonds. The van der Waals surface area contributed by atoms with Crippen molar-refractivity contribution >= 4 is 5.78 Å². The maximum atomic E-state index is 12.1. The molecule has 0 aromatic rings. The van der Waals surface area contributed by atoms with E-state index < -0.39 is 5.41 Å². The zero-order valence-corrected chi connectivity index (χ0v) is 10.2. The zero-order chi connectivity index (χ0) is 11.7. The second-order valence-corrected chi connectivity index (χ2v) is 5.45. The topological polar surface area (TPSA) is 37.3 Å². The van der Waals surface area contributed by atoms with Crippen LogP contribution in [0.3, 0.4) is 0 Å². The molecule has 1 aliphatic carbocycles. The fraction of sp³-hybridized carbons (Fsp3) is 0.769. The standard InChI is InChI=1S/C13H22O2/c1-5-6-7-11(15)13(4)9-10(14)8-12(13,2)3/h6-7,10,14H,5,8-9H2,1-4H3/b7-6+. The molecule has 0 radical (unpaired) electrons. The Bertz CT molecular complexity index is 278. The van der Waals surface area contributed by atoms with E-state index in [2.05, 4.69) is 13.8 Å². The molecule has 86 valence electrons. The van der Waals surface area contributed by atoms with E-state index in [1.165, 1.54) is 0 Å². The molecule has 0 spiro atoms. The molecule has 1 fully saturated rings. The smallest absolute Gasteiger partial charge is 0.161 e. The lowest BCUT2D eigenvalue weighted by atomic mass is 9.66. The van der Waals surface area contributed by atoms with Crippen molar-refractivity contribution < 1.29 is 9.90 Å². The van der Waals surface area contributed by atoms with Crippen LogP contribution in [0.2, 0.25) is 0 Å². The molecular formula is C13H22O2. The average molecular weight is 210 g/mol. The van der Waals surface area contributed by atoms with Crippen molar-refractivity contribution in [1.29, 1.82) is 0 Å². The van der Waals surface area contributed by atoms with Gasteiger partial charge in [0.15, 0.2) is 5.78 Å². The maximum absolute atomic E-state index is 12.1. The fourth-order valence-corrected chi connectivity index (χ4v) is 2.48. The molecule has 2 atom stereocenters. The van der Waals surface area contributed by atoms with Gasteiger partial charge in [0.05, 0.1) is 6.10 Å². The highest BCUT2D eigenvalue weighted by Crippen LogP contribution is 2.53. The van der Waals surface area contributed by atoms with Crippen LogP contribution in [0.5, 0.6) is 0 Å². The summed E-state index contributed by atoms with van der Waals surface area (Å²) in [7, 11) is 0. The first-order chi connectivity index (χ1) is 6.83. The predicted molar refractivity (Wildman–Crippen MR) is 61.6 cm³/mol. The van der Waals surface area contributed by atoms with Crippen molar-refractivity contribution in [2.45, 2.75) is 53.1 Å². The third-order valence-electron chi connectivity index (χ3n) is 3.93. The van der Waals surface area contributed by atoms with Crippen LogP contribution >= 0.6 is 0 Å². The SMILES string of the molecule is CC/C=C/C(=O)C1(C)CC(O)CC1(C)C. The summed E-state index contributed by atoms with van der Waals surface area (Å²) < 4.78 is 0. The number of hydrogen-bond donors (Lipinski definition) is 1. The van der Waals surface area contributed by atoms with Crippen molar-refractivity contribution in [2.75, 3.05) is 0 Å². The Morgan fingerprint density at radius 2 is 2.00 bits per heavy atom. The van der Waals surface area contributed by atoms with Gasteiger partial charge in [-0.15, -0.1) is 0 Å². The summed E-state index contributed by atoms with van der Waals surface area (Å²) in [6.45, 7) is 8.13. The second-order valence-electron chi connectivity index (χ2n) is 5.45. The summed E-state index contributed by atoms with van der Waals surface area (Å²) in [5.74, 6) is 0.158. The van der Waals surface area contributed by atoms with Gasteiger partial charge in [0.2, 0.25) is 0 Å². The molecule has 0 aromatic heterocycles. The zero-order valence-electron chi connectivity index (χ0n) is 10.2. The molecule has 1 rings (SSSR count). The highest BCUT2D eigenvalue weighted by molar-refractivity contribution is 5.95. The molecule has 0 aliphatic heterocycles. The summed E-state index contributed by atoms with van der Waals surface area (Å²) in [5.41, 5.74) is -0.514. The first-order valence-corrected chi connectivity index (χ1v) is 5.72. The monoisotopic (exact) mass is 210 g/mol. The molecule has 0 saturated heterocycles. The van der Waals surface area contributed by atoms with Gasteiger partial charge in [-0.2, -0.15) is 0 Å². The van der Waals surface area contributed by atoms with Gasteiger partial charge >= 0.3 is 0 Å². The Hall–Kier alpha value is -0.630. The van der Waals surface area contributed by atoms with E-state index >= 15 is 0 Å². The minimum absolute atomic E-state index is 0.110. The first-order valence-electron chi connectivity index (χ1n) is 5.72. The fourth-order valence-electron chi connectivity index (χ4n) is 2.48. The molecule has 2 heteroatoms. The molecule has 1 N–H and O–H groups in total. The highest BCUT2D eigenvalue weighted by Gasteiger charge is 2.52. The van der Waals surface area contributed by atoms with Crippen molar-refractivity contribution in [3.8, 4) is 0 Å². The average Bonchev–Trinajstić information content (AvgIpc) is 2.32. The molecule has 0 aromatic carbocycles. The lowest BCUT2D eigenvalue weighted by Gasteiger charge is -2.35. The minimum Gasteiger partial charge on any atom is -0.393 e. The largest absolute Gasteiger partial charge is 0.393 e. The van der Waals surface area contributed by atoms with Gasteiger partial charge in [-0.05, 0) is 30.8 Å². The first kappa shape index (κ1) is 12.4. The molecule has 0 bridgehead atoms. The van der Waals surface area contributed by atoms with Gasteiger partial charge in [0, 0.05) is 5.41 Å². The Morgan fingerprint density at radius 1 is 1.40 bits per heavy atom. The van der Waals surface area contributed by atoms with Crippen LogP contribution in [0.1, 0.15) is 47.0 Å². The Balaban J connectivity index is 2.91. The maximum Gasteiger partial charge on any atom is 0.161 e. The Kier molecular flexibility index (Phi) is 3.39. The van der Waals surface area contributed by atoms with Crippen molar-refractivity contribution in [2.24, 2.45) is 10.8 Å². The number of rotatable bonds is 3. The summed E-state index contributed by atoms with van der Waals surface area (Å²) >= 11 is 0. The quantitative estimate of drug-likeness (QED) is 0.727. The number of hydrogen-bond acceptors (Lipinski definition) is 2. The normalized spacial score (nSPS) is 34.9. The summed E-state index contributed by atoms with van der Waals surface area (Å²) in [4.78, 5) is 12.1. The van der Waals surface area contributed by atoms with Crippen LogP contribution in [0, 0.1) is 10.8 Å². The van der Waals surface area contributed by atoms with Crippen molar-refractivity contribution in [3.63, 3.8) is 0 Å². The molecule has 1 aliphatic rings. The van der Waals surface area contributed by atoms with Crippen LogP contribution in [-0.2, 0) is 4.79 Å².